The van der Waals surface area contributed by atoms with Gasteiger partial charge in [0.05, 0.1) is 18.8 Å². The molecule has 0 saturated carbocycles. The predicted octanol–water partition coefficient (Wildman–Crippen LogP) is 1.69. The molecule has 1 aromatic heterocycles. The Labute approximate surface area is 139 Å². The van der Waals surface area contributed by atoms with Gasteiger partial charge in [-0.05, 0) is 19.8 Å². The van der Waals surface area contributed by atoms with Crippen LogP contribution in [-0.2, 0) is 22.5 Å². The van der Waals surface area contributed by atoms with Crippen molar-refractivity contribution >= 4 is 28.5 Å². The average Bonchev–Trinajstić information content (AvgIpc) is 3.15. The molecule has 0 radical (unpaired) electrons. The van der Waals surface area contributed by atoms with Crippen molar-refractivity contribution in [1.29, 1.82) is 0 Å². The van der Waals surface area contributed by atoms with Crippen molar-refractivity contribution in [1.82, 2.24) is 14.8 Å². The summed E-state index contributed by atoms with van der Waals surface area (Å²) in [6.07, 6.45) is 2.57. The van der Waals surface area contributed by atoms with E-state index in [0.29, 0.717) is 18.3 Å². The zero-order valence-corrected chi connectivity index (χ0v) is 14.2. The van der Waals surface area contributed by atoms with Gasteiger partial charge in [-0.2, -0.15) is 0 Å². The maximum atomic E-state index is 12.2. The Bertz CT molecular complexity index is 583. The van der Waals surface area contributed by atoms with Gasteiger partial charge < -0.3 is 9.64 Å². The summed E-state index contributed by atoms with van der Waals surface area (Å²) in [6, 6.07) is 0. The van der Waals surface area contributed by atoms with Crippen LogP contribution in [0.3, 0.4) is 0 Å². The smallest absolute Gasteiger partial charge is 0.413 e. The second-order valence-electron chi connectivity index (χ2n) is 5.78. The van der Waals surface area contributed by atoms with E-state index in [-0.39, 0.29) is 5.91 Å². The molecule has 0 aromatic carbocycles. The first-order chi connectivity index (χ1) is 11.2. The van der Waals surface area contributed by atoms with Crippen LogP contribution in [0.25, 0.3) is 0 Å². The van der Waals surface area contributed by atoms with E-state index in [1.807, 2.05) is 4.90 Å². The van der Waals surface area contributed by atoms with Gasteiger partial charge >= 0.3 is 6.09 Å². The maximum absolute atomic E-state index is 12.2. The minimum Gasteiger partial charge on any atom is -0.450 e. The number of amides is 2. The van der Waals surface area contributed by atoms with Gasteiger partial charge in [-0.1, -0.05) is 11.3 Å². The fraction of sp³-hybridized carbons (Fsp3) is 0.667. The quantitative estimate of drug-likeness (QED) is 0.904. The number of anilines is 1. The summed E-state index contributed by atoms with van der Waals surface area (Å²) >= 11 is 1.46. The van der Waals surface area contributed by atoms with Crippen molar-refractivity contribution in [2.45, 2.75) is 32.7 Å². The number of ether oxygens (including phenoxy) is 1. The molecule has 2 aliphatic rings. The number of likely N-dealkylation sites (tertiary alicyclic amines) is 1. The van der Waals surface area contributed by atoms with Gasteiger partial charge in [0.15, 0.2) is 5.13 Å². The van der Waals surface area contributed by atoms with Crippen LogP contribution in [0.4, 0.5) is 9.93 Å². The third-order valence-electron chi connectivity index (χ3n) is 4.11. The third-order valence-corrected chi connectivity index (χ3v) is 5.11. The Balaban J connectivity index is 1.56. The Morgan fingerprint density at radius 1 is 1.30 bits per heavy atom. The standard InChI is InChI=1S/C15H22N4O3S/c1-2-22-15(21)17-14-16-11-5-8-18(9-12(11)23-14)10-13(20)19-6-3-4-7-19/h2-10H2,1H3,(H,16,17,21). The number of nitrogens with one attached hydrogen (secondary N) is 1. The van der Waals surface area contributed by atoms with Crippen molar-refractivity contribution in [3.05, 3.63) is 10.6 Å². The Kier molecular flexibility index (Phi) is 5.12. The van der Waals surface area contributed by atoms with Crippen LogP contribution >= 0.6 is 11.3 Å². The van der Waals surface area contributed by atoms with E-state index in [1.54, 1.807) is 6.92 Å². The normalized spacial score (nSPS) is 17.9. The van der Waals surface area contributed by atoms with Crippen molar-refractivity contribution in [3.63, 3.8) is 0 Å². The van der Waals surface area contributed by atoms with E-state index in [1.165, 1.54) is 11.3 Å². The minimum atomic E-state index is -0.473. The molecule has 7 nitrogen and oxygen atoms in total. The van der Waals surface area contributed by atoms with Crippen LogP contribution in [0.5, 0.6) is 0 Å². The van der Waals surface area contributed by atoms with Crippen molar-refractivity contribution in [3.8, 4) is 0 Å². The fourth-order valence-corrected chi connectivity index (χ4v) is 3.99. The second kappa shape index (κ2) is 7.27. The summed E-state index contributed by atoms with van der Waals surface area (Å²) in [5, 5.41) is 3.22. The van der Waals surface area contributed by atoms with E-state index >= 15 is 0 Å². The number of nitrogens with zero attached hydrogens (tertiary/aromatic N) is 3. The van der Waals surface area contributed by atoms with Gasteiger partial charge in [0.1, 0.15) is 0 Å². The van der Waals surface area contributed by atoms with Crippen molar-refractivity contribution in [2.24, 2.45) is 0 Å². The van der Waals surface area contributed by atoms with E-state index in [4.69, 9.17) is 4.74 Å². The Morgan fingerprint density at radius 2 is 2.09 bits per heavy atom. The van der Waals surface area contributed by atoms with E-state index in [9.17, 15) is 9.59 Å². The zero-order valence-electron chi connectivity index (χ0n) is 13.3. The molecule has 1 aromatic rings. The lowest BCUT2D eigenvalue weighted by atomic mass is 10.2. The van der Waals surface area contributed by atoms with Crippen LogP contribution in [0.15, 0.2) is 0 Å². The molecular formula is C15H22N4O3S. The highest BCUT2D eigenvalue weighted by Crippen LogP contribution is 2.28. The topological polar surface area (TPSA) is 74.8 Å². The largest absolute Gasteiger partial charge is 0.450 e. The molecule has 0 unspecified atom stereocenters. The van der Waals surface area contributed by atoms with Crippen molar-refractivity contribution < 1.29 is 14.3 Å². The van der Waals surface area contributed by atoms with Crippen LogP contribution in [0.2, 0.25) is 0 Å². The molecule has 1 saturated heterocycles. The molecule has 23 heavy (non-hydrogen) atoms. The molecule has 8 heteroatoms. The van der Waals surface area contributed by atoms with Crippen LogP contribution in [0.1, 0.15) is 30.3 Å². The first-order valence-corrected chi connectivity index (χ1v) is 8.90. The van der Waals surface area contributed by atoms with Gasteiger partial charge in [0, 0.05) is 37.5 Å². The number of aromatic nitrogens is 1. The van der Waals surface area contributed by atoms with Gasteiger partial charge in [-0.15, -0.1) is 0 Å². The van der Waals surface area contributed by atoms with E-state index in [2.05, 4.69) is 15.2 Å². The number of carbonyl (C=O) groups is 2. The minimum absolute atomic E-state index is 0.223. The highest BCUT2D eigenvalue weighted by atomic mass is 32.1. The molecular weight excluding hydrogens is 316 g/mol. The summed E-state index contributed by atoms with van der Waals surface area (Å²) in [7, 11) is 0. The first-order valence-electron chi connectivity index (χ1n) is 8.08. The van der Waals surface area contributed by atoms with E-state index in [0.717, 1.165) is 56.0 Å². The Hall–Kier alpha value is -1.67. The molecule has 2 aliphatic heterocycles. The molecule has 2 amide bonds. The Morgan fingerprint density at radius 3 is 2.83 bits per heavy atom. The number of carbonyl (C=O) groups excluding carboxylic acids is 2. The summed E-state index contributed by atoms with van der Waals surface area (Å²) in [5.74, 6) is 0.223. The lowest BCUT2D eigenvalue weighted by Crippen LogP contribution is -2.40. The zero-order chi connectivity index (χ0) is 16.2. The average molecular weight is 338 g/mol. The van der Waals surface area contributed by atoms with Crippen molar-refractivity contribution in [2.75, 3.05) is 38.1 Å². The van der Waals surface area contributed by atoms with Gasteiger partial charge in [0.25, 0.3) is 0 Å². The first kappa shape index (κ1) is 16.2. The maximum Gasteiger partial charge on any atom is 0.413 e. The fourth-order valence-electron chi connectivity index (χ4n) is 2.95. The summed E-state index contributed by atoms with van der Waals surface area (Å²) < 4.78 is 4.86. The highest BCUT2D eigenvalue weighted by Gasteiger charge is 2.25. The lowest BCUT2D eigenvalue weighted by Gasteiger charge is -2.27. The SMILES string of the molecule is CCOC(=O)Nc1nc2c(s1)CN(CC(=O)N1CCCC1)CC2. The summed E-state index contributed by atoms with van der Waals surface area (Å²) in [6.45, 7) is 5.91. The third kappa shape index (κ3) is 4.00. The van der Waals surface area contributed by atoms with Gasteiger partial charge in [-0.3, -0.25) is 15.0 Å². The monoisotopic (exact) mass is 338 g/mol. The predicted molar refractivity (Wildman–Crippen MR) is 87.6 cm³/mol. The summed E-state index contributed by atoms with van der Waals surface area (Å²) in [4.78, 5) is 33.4. The second-order valence-corrected chi connectivity index (χ2v) is 6.87. The van der Waals surface area contributed by atoms with Crippen LogP contribution in [-0.4, -0.2) is 59.6 Å². The molecule has 0 atom stereocenters. The number of thiazole rings is 1. The lowest BCUT2D eigenvalue weighted by molar-refractivity contribution is -0.131. The van der Waals surface area contributed by atoms with Gasteiger partial charge in [0.2, 0.25) is 5.91 Å². The van der Waals surface area contributed by atoms with Gasteiger partial charge in [-0.25, -0.2) is 9.78 Å². The van der Waals surface area contributed by atoms with Crippen LogP contribution in [0, 0.1) is 0 Å². The number of rotatable bonds is 4. The molecule has 1 N–H and O–H groups in total. The molecule has 3 rings (SSSR count). The van der Waals surface area contributed by atoms with Crippen LogP contribution < -0.4 is 5.32 Å². The molecule has 126 valence electrons. The molecule has 0 bridgehead atoms. The molecule has 1 fully saturated rings. The molecule has 0 aliphatic carbocycles. The number of hydrogen-bond donors (Lipinski definition) is 1. The highest BCUT2D eigenvalue weighted by molar-refractivity contribution is 7.15. The molecule has 3 heterocycles. The van der Waals surface area contributed by atoms with E-state index < -0.39 is 6.09 Å². The number of fused-ring (bicyclic) bond motifs is 1. The summed E-state index contributed by atoms with van der Waals surface area (Å²) in [5.41, 5.74) is 1.02. The number of hydrogen-bond acceptors (Lipinski definition) is 6. The molecule has 0 spiro atoms.